The minimum Gasteiger partial charge on any atom is -0.544 e. The molecule has 2 aliphatic rings. The molecular formula is C25H21NO4. The van der Waals surface area contributed by atoms with Crippen LogP contribution < -0.4 is 10.8 Å². The van der Waals surface area contributed by atoms with Gasteiger partial charge in [0.1, 0.15) is 18.5 Å². The molecule has 0 fully saturated rings. The van der Waals surface area contributed by atoms with E-state index in [-0.39, 0.29) is 18.9 Å². The predicted molar refractivity (Wildman–Crippen MR) is 108 cm³/mol. The number of ether oxygens (including phenoxy) is 1. The summed E-state index contributed by atoms with van der Waals surface area (Å²) in [5.41, 5.74) is 8.27. The minimum atomic E-state index is -1.56. The highest BCUT2D eigenvalue weighted by molar-refractivity contribution is 5.92. The highest BCUT2D eigenvalue weighted by atomic mass is 16.5. The molecule has 2 aliphatic carbocycles. The smallest absolute Gasteiger partial charge is 0.320 e. The standard InChI is InChI=1S/C25H21NO4/c26-25(24(28)29)13-15-7-1-2-8-16(15)22(25)23(27)30-14-21-19-11-5-3-9-17(19)18-10-4-6-12-20(18)21/h1-12,21-22H,13-14,26H2,(H,28,29)/t22-,25+/m0/s1. The summed E-state index contributed by atoms with van der Waals surface area (Å²) in [4.78, 5) is 25.1. The SMILES string of the molecule is [NH3+][C@]1(C(=O)[O-])Cc2ccccc2[C@H]1C(=O)OCC1c2ccccc2-c2ccccc21. The highest BCUT2D eigenvalue weighted by Gasteiger charge is 2.53. The van der Waals surface area contributed by atoms with E-state index in [4.69, 9.17) is 4.74 Å². The number of carboxylic acids is 1. The van der Waals surface area contributed by atoms with Crippen molar-refractivity contribution >= 4 is 11.9 Å². The van der Waals surface area contributed by atoms with Crippen molar-refractivity contribution in [3.8, 4) is 11.1 Å². The maximum Gasteiger partial charge on any atom is 0.320 e. The number of carboxylic acid groups (broad SMARTS) is 1. The van der Waals surface area contributed by atoms with E-state index in [1.54, 1.807) is 12.1 Å². The highest BCUT2D eigenvalue weighted by Crippen LogP contribution is 2.45. The lowest BCUT2D eigenvalue weighted by atomic mass is 9.85. The lowest BCUT2D eigenvalue weighted by molar-refractivity contribution is -0.487. The number of aliphatic carboxylic acids is 1. The maximum atomic E-state index is 13.2. The van der Waals surface area contributed by atoms with Gasteiger partial charge in [-0.2, -0.15) is 0 Å². The van der Waals surface area contributed by atoms with Gasteiger partial charge in [-0.3, -0.25) is 4.79 Å². The fraction of sp³-hybridized carbons (Fsp3) is 0.200. The number of hydrogen-bond donors (Lipinski definition) is 1. The quantitative estimate of drug-likeness (QED) is 0.671. The molecule has 0 aliphatic heterocycles. The molecular weight excluding hydrogens is 378 g/mol. The number of esters is 1. The van der Waals surface area contributed by atoms with Crippen LogP contribution in [-0.4, -0.2) is 24.1 Å². The van der Waals surface area contributed by atoms with Gasteiger partial charge in [-0.05, 0) is 33.4 Å². The van der Waals surface area contributed by atoms with Gasteiger partial charge in [0, 0.05) is 12.3 Å². The van der Waals surface area contributed by atoms with Crippen molar-refractivity contribution in [3.05, 3.63) is 95.1 Å². The molecule has 3 aromatic carbocycles. The molecule has 3 N–H and O–H groups in total. The molecule has 0 heterocycles. The number of quaternary nitrogens is 1. The molecule has 5 nitrogen and oxygen atoms in total. The summed E-state index contributed by atoms with van der Waals surface area (Å²) in [6.45, 7) is 0.147. The molecule has 0 saturated carbocycles. The number of fused-ring (bicyclic) bond motifs is 4. The van der Waals surface area contributed by atoms with Crippen LogP contribution >= 0.6 is 0 Å². The number of rotatable bonds is 4. The van der Waals surface area contributed by atoms with Crippen LogP contribution in [0.1, 0.15) is 34.1 Å². The third-order valence-electron chi connectivity index (χ3n) is 6.42. The van der Waals surface area contributed by atoms with E-state index >= 15 is 0 Å². The minimum absolute atomic E-state index is 0.0832. The Morgan fingerprint density at radius 3 is 2.03 bits per heavy atom. The Hall–Kier alpha value is -3.44. The summed E-state index contributed by atoms with van der Waals surface area (Å²) < 4.78 is 5.76. The van der Waals surface area contributed by atoms with Crippen LogP contribution in [0.2, 0.25) is 0 Å². The van der Waals surface area contributed by atoms with Crippen LogP contribution in [0, 0.1) is 0 Å². The molecule has 2 atom stereocenters. The average Bonchev–Trinajstić information content (AvgIpc) is 3.24. The first-order valence-corrected chi connectivity index (χ1v) is 10.00. The van der Waals surface area contributed by atoms with Crippen molar-refractivity contribution in [3.63, 3.8) is 0 Å². The summed E-state index contributed by atoms with van der Waals surface area (Å²) in [5.74, 6) is -2.97. The molecule has 0 unspecified atom stereocenters. The van der Waals surface area contributed by atoms with Crippen molar-refractivity contribution < 1.29 is 25.2 Å². The van der Waals surface area contributed by atoms with Gasteiger partial charge < -0.3 is 20.4 Å². The van der Waals surface area contributed by atoms with Gasteiger partial charge in [-0.1, -0.05) is 72.8 Å². The molecule has 0 amide bonds. The molecule has 150 valence electrons. The number of carbonyl (C=O) groups is 2. The van der Waals surface area contributed by atoms with E-state index in [2.05, 4.69) is 17.9 Å². The first-order valence-electron chi connectivity index (χ1n) is 10.00. The Bertz CT molecular complexity index is 1130. The fourth-order valence-corrected chi connectivity index (χ4v) is 4.95. The Kier molecular flexibility index (Phi) is 4.22. The van der Waals surface area contributed by atoms with Gasteiger partial charge in [0.25, 0.3) is 0 Å². The van der Waals surface area contributed by atoms with Crippen LogP contribution in [0.15, 0.2) is 72.8 Å². The molecule has 0 spiro atoms. The zero-order valence-corrected chi connectivity index (χ0v) is 16.3. The number of hydrogen-bond acceptors (Lipinski definition) is 4. The van der Waals surface area contributed by atoms with Gasteiger partial charge in [-0.15, -0.1) is 0 Å². The zero-order valence-electron chi connectivity index (χ0n) is 16.3. The van der Waals surface area contributed by atoms with Crippen LogP contribution in [-0.2, 0) is 20.7 Å². The normalized spacial score (nSPS) is 21.6. The van der Waals surface area contributed by atoms with Crippen LogP contribution in [0.5, 0.6) is 0 Å². The Labute approximate surface area is 174 Å². The summed E-state index contributed by atoms with van der Waals surface area (Å²) in [5, 5.41) is 11.9. The first-order chi connectivity index (χ1) is 14.5. The van der Waals surface area contributed by atoms with Crippen molar-refractivity contribution in [2.24, 2.45) is 0 Å². The molecule has 0 aromatic heterocycles. The molecule has 30 heavy (non-hydrogen) atoms. The van der Waals surface area contributed by atoms with Crippen LogP contribution in [0.25, 0.3) is 11.1 Å². The summed E-state index contributed by atoms with van der Waals surface area (Å²) in [6.07, 6.45) is 0.153. The third kappa shape index (κ3) is 2.66. The molecule has 0 radical (unpaired) electrons. The van der Waals surface area contributed by atoms with E-state index in [1.807, 2.05) is 48.5 Å². The zero-order chi connectivity index (χ0) is 20.9. The van der Waals surface area contributed by atoms with Crippen molar-refractivity contribution in [2.45, 2.75) is 23.8 Å². The van der Waals surface area contributed by atoms with E-state index in [0.717, 1.165) is 27.8 Å². The molecule has 5 heteroatoms. The van der Waals surface area contributed by atoms with Crippen LogP contribution in [0.4, 0.5) is 0 Å². The Morgan fingerprint density at radius 1 is 0.900 bits per heavy atom. The topological polar surface area (TPSA) is 94.1 Å². The average molecular weight is 399 g/mol. The first kappa shape index (κ1) is 18.6. The summed E-state index contributed by atoms with van der Waals surface area (Å²) >= 11 is 0. The van der Waals surface area contributed by atoms with Gasteiger partial charge in [-0.25, -0.2) is 0 Å². The van der Waals surface area contributed by atoms with Crippen LogP contribution in [0.3, 0.4) is 0 Å². The third-order valence-corrected chi connectivity index (χ3v) is 6.42. The lowest BCUT2D eigenvalue weighted by Gasteiger charge is -2.28. The van der Waals surface area contributed by atoms with Crippen molar-refractivity contribution in [1.29, 1.82) is 0 Å². The maximum absolute atomic E-state index is 13.2. The van der Waals surface area contributed by atoms with Gasteiger partial charge >= 0.3 is 5.97 Å². The largest absolute Gasteiger partial charge is 0.544 e. The second-order valence-corrected chi connectivity index (χ2v) is 8.11. The molecule has 3 aromatic rings. The van der Waals surface area contributed by atoms with Crippen molar-refractivity contribution in [1.82, 2.24) is 0 Å². The Balaban J connectivity index is 1.45. The van der Waals surface area contributed by atoms with E-state index < -0.39 is 23.4 Å². The van der Waals surface area contributed by atoms with Gasteiger partial charge in [0.05, 0.1) is 0 Å². The number of carbonyl (C=O) groups excluding carboxylic acids is 2. The summed E-state index contributed by atoms with van der Waals surface area (Å²) in [6, 6.07) is 23.4. The molecule has 0 bridgehead atoms. The van der Waals surface area contributed by atoms with E-state index in [1.165, 1.54) is 0 Å². The molecule has 0 saturated heterocycles. The van der Waals surface area contributed by atoms with Gasteiger partial charge in [0.15, 0.2) is 5.54 Å². The predicted octanol–water partition coefficient (Wildman–Crippen LogP) is 1.41. The second kappa shape index (κ2) is 6.82. The second-order valence-electron chi connectivity index (χ2n) is 8.11. The summed E-state index contributed by atoms with van der Waals surface area (Å²) in [7, 11) is 0. The van der Waals surface area contributed by atoms with Gasteiger partial charge in [0.2, 0.25) is 0 Å². The lowest BCUT2D eigenvalue weighted by Crippen LogP contribution is -2.82. The number of benzene rings is 3. The van der Waals surface area contributed by atoms with E-state index in [0.29, 0.717) is 5.56 Å². The Morgan fingerprint density at radius 2 is 1.43 bits per heavy atom. The van der Waals surface area contributed by atoms with Crippen molar-refractivity contribution in [2.75, 3.05) is 6.61 Å². The van der Waals surface area contributed by atoms with E-state index in [9.17, 15) is 14.7 Å². The monoisotopic (exact) mass is 399 g/mol. The molecule has 5 rings (SSSR count). The fourth-order valence-electron chi connectivity index (χ4n) is 4.95.